The van der Waals surface area contributed by atoms with Gasteiger partial charge >= 0.3 is 0 Å². The monoisotopic (exact) mass is 484 g/mol. The number of guanidine groups is 1. The normalized spacial score (nSPS) is 22.0. The summed E-state index contributed by atoms with van der Waals surface area (Å²) in [7, 11) is 0. The van der Waals surface area contributed by atoms with Crippen LogP contribution in [0.15, 0.2) is 29.3 Å². The zero-order valence-corrected chi connectivity index (χ0v) is 18.9. The van der Waals surface area contributed by atoms with E-state index >= 15 is 0 Å². The Labute approximate surface area is 180 Å². The maximum Gasteiger partial charge on any atom is 0.222 e. The lowest BCUT2D eigenvalue weighted by Crippen LogP contribution is -2.45. The van der Waals surface area contributed by atoms with Crippen LogP contribution in [0, 0.1) is 0 Å². The highest BCUT2D eigenvalue weighted by Crippen LogP contribution is 2.31. The number of carbonyl (C=O) groups excluding carboxylic acids is 1. The fourth-order valence-electron chi connectivity index (χ4n) is 4.09. The van der Waals surface area contributed by atoms with Crippen LogP contribution in [0.3, 0.4) is 0 Å². The van der Waals surface area contributed by atoms with E-state index in [4.69, 9.17) is 4.99 Å². The third-order valence-electron chi connectivity index (χ3n) is 5.49. The van der Waals surface area contributed by atoms with Gasteiger partial charge in [0.1, 0.15) is 0 Å². The van der Waals surface area contributed by atoms with E-state index in [-0.39, 0.29) is 29.9 Å². The first-order valence-electron chi connectivity index (χ1n) is 10.1. The van der Waals surface area contributed by atoms with E-state index in [0.717, 1.165) is 38.6 Å². The van der Waals surface area contributed by atoms with E-state index in [1.165, 1.54) is 30.4 Å². The van der Waals surface area contributed by atoms with Crippen molar-refractivity contribution in [1.29, 1.82) is 0 Å². The number of nitrogens with one attached hydrogen (secondary N) is 2. The lowest BCUT2D eigenvalue weighted by molar-refractivity contribution is -0.129. The van der Waals surface area contributed by atoms with Gasteiger partial charge in [0.2, 0.25) is 5.91 Å². The van der Waals surface area contributed by atoms with E-state index in [1.807, 2.05) is 11.8 Å². The van der Waals surface area contributed by atoms with E-state index in [9.17, 15) is 4.79 Å². The first kappa shape index (κ1) is 22.0. The van der Waals surface area contributed by atoms with E-state index in [0.29, 0.717) is 18.4 Å². The summed E-state index contributed by atoms with van der Waals surface area (Å²) < 4.78 is 0. The van der Waals surface area contributed by atoms with Gasteiger partial charge in [-0.05, 0) is 43.7 Å². The quantitative estimate of drug-likeness (QED) is 0.383. The minimum absolute atomic E-state index is 0. The molecule has 2 aliphatic rings. The number of likely N-dealkylation sites (tertiary alicyclic amines) is 1. The van der Waals surface area contributed by atoms with Crippen molar-refractivity contribution in [3.63, 3.8) is 0 Å². The molecule has 3 rings (SSSR count). The molecule has 1 aliphatic carbocycles. The average molecular weight is 484 g/mol. The molecule has 2 N–H and O–H groups in total. The molecule has 0 aromatic heterocycles. The van der Waals surface area contributed by atoms with Gasteiger partial charge in [-0.3, -0.25) is 9.79 Å². The van der Waals surface area contributed by atoms with Crippen LogP contribution in [0.1, 0.15) is 56.6 Å². The summed E-state index contributed by atoms with van der Waals surface area (Å²) in [5.74, 6) is 1.64. The smallest absolute Gasteiger partial charge is 0.222 e. The van der Waals surface area contributed by atoms with E-state index in [1.54, 1.807) is 0 Å². The van der Waals surface area contributed by atoms with Gasteiger partial charge in [0.25, 0.3) is 0 Å². The van der Waals surface area contributed by atoms with Crippen molar-refractivity contribution in [3.05, 3.63) is 35.4 Å². The summed E-state index contributed by atoms with van der Waals surface area (Å²) in [5.41, 5.74) is 2.96. The van der Waals surface area contributed by atoms with Crippen molar-refractivity contribution in [3.8, 4) is 0 Å². The van der Waals surface area contributed by atoms with Crippen LogP contribution in [-0.4, -0.2) is 49.0 Å². The minimum atomic E-state index is 0. The van der Waals surface area contributed by atoms with Crippen molar-refractivity contribution in [2.75, 3.05) is 26.2 Å². The number of carbonyl (C=O) groups is 1. The van der Waals surface area contributed by atoms with E-state index < -0.39 is 0 Å². The lowest BCUT2D eigenvalue weighted by Gasteiger charge is -2.25. The number of hydrogen-bond donors (Lipinski definition) is 2. The predicted octanol–water partition coefficient (Wildman–Crippen LogP) is 3.29. The Kier molecular flexibility index (Phi) is 8.86. The maximum absolute atomic E-state index is 11.9. The maximum atomic E-state index is 11.9. The second kappa shape index (κ2) is 10.9. The highest BCUT2D eigenvalue weighted by molar-refractivity contribution is 14.0. The number of rotatable bonds is 5. The van der Waals surface area contributed by atoms with Crippen LogP contribution in [0.4, 0.5) is 0 Å². The molecule has 0 radical (unpaired) electrons. The topological polar surface area (TPSA) is 56.7 Å². The van der Waals surface area contributed by atoms with Crippen LogP contribution in [0.2, 0.25) is 0 Å². The molecule has 1 fully saturated rings. The number of halogens is 1. The molecule has 1 amide bonds. The molecule has 1 aliphatic heterocycles. The summed E-state index contributed by atoms with van der Waals surface area (Å²) in [5, 5.41) is 6.90. The summed E-state index contributed by atoms with van der Waals surface area (Å²) in [6, 6.07) is 9.09. The Morgan fingerprint density at radius 2 is 2.07 bits per heavy atom. The molecule has 0 bridgehead atoms. The first-order valence-corrected chi connectivity index (χ1v) is 10.1. The number of aryl methyl sites for hydroxylation is 1. The van der Waals surface area contributed by atoms with Crippen LogP contribution in [-0.2, 0) is 11.2 Å². The Morgan fingerprint density at radius 1 is 1.26 bits per heavy atom. The van der Waals surface area contributed by atoms with Crippen molar-refractivity contribution in [2.45, 2.75) is 57.9 Å². The number of fused-ring (bicyclic) bond motifs is 1. The Hall–Kier alpha value is -1.31. The highest BCUT2D eigenvalue weighted by Gasteiger charge is 2.26. The van der Waals surface area contributed by atoms with Crippen molar-refractivity contribution in [1.82, 2.24) is 15.5 Å². The number of amides is 1. The molecule has 5 nitrogen and oxygen atoms in total. The molecule has 1 aromatic rings. The SMILES string of the molecule is CCNC(=NCC1CCCc2ccccc21)NC1CCN(C(=O)CC)C1.I. The zero-order chi connectivity index (χ0) is 18.4. The molecule has 0 saturated carbocycles. The van der Waals surface area contributed by atoms with Gasteiger partial charge in [0, 0.05) is 44.6 Å². The number of nitrogens with zero attached hydrogens (tertiary/aromatic N) is 2. The fourth-order valence-corrected chi connectivity index (χ4v) is 4.09. The number of benzene rings is 1. The predicted molar refractivity (Wildman–Crippen MR) is 122 cm³/mol. The van der Waals surface area contributed by atoms with Crippen LogP contribution in [0.25, 0.3) is 0 Å². The molecule has 150 valence electrons. The molecule has 2 unspecified atom stereocenters. The minimum Gasteiger partial charge on any atom is -0.357 e. The molecule has 1 saturated heterocycles. The van der Waals surface area contributed by atoms with Crippen LogP contribution < -0.4 is 10.6 Å². The summed E-state index contributed by atoms with van der Waals surface area (Å²) in [6.45, 7) is 7.31. The third-order valence-corrected chi connectivity index (χ3v) is 5.49. The lowest BCUT2D eigenvalue weighted by atomic mass is 9.83. The molecular formula is C21H33IN4O. The first-order chi connectivity index (χ1) is 12.7. The molecule has 0 spiro atoms. The largest absolute Gasteiger partial charge is 0.357 e. The third kappa shape index (κ3) is 5.83. The van der Waals surface area contributed by atoms with Crippen LogP contribution >= 0.6 is 24.0 Å². The molecule has 6 heteroatoms. The van der Waals surface area contributed by atoms with Gasteiger partial charge in [0.15, 0.2) is 5.96 Å². The van der Waals surface area contributed by atoms with Crippen molar-refractivity contribution in [2.24, 2.45) is 4.99 Å². The second-order valence-corrected chi connectivity index (χ2v) is 7.33. The Balaban J connectivity index is 0.00000261. The van der Waals surface area contributed by atoms with Gasteiger partial charge in [-0.1, -0.05) is 31.2 Å². The standard InChI is InChI=1S/C21H32N4O.HI/c1-3-20(26)25-13-12-18(15-25)24-21(22-4-2)23-14-17-10-7-9-16-8-5-6-11-19(16)17;/h5-6,8,11,17-18H,3-4,7,9-10,12-15H2,1-2H3,(H2,22,23,24);1H. The second-order valence-electron chi connectivity index (χ2n) is 7.33. The van der Waals surface area contributed by atoms with Crippen LogP contribution in [0.5, 0.6) is 0 Å². The van der Waals surface area contributed by atoms with Crippen molar-refractivity contribution < 1.29 is 4.79 Å². The average Bonchev–Trinajstić information content (AvgIpc) is 3.14. The van der Waals surface area contributed by atoms with Crippen molar-refractivity contribution >= 4 is 35.8 Å². The highest BCUT2D eigenvalue weighted by atomic mass is 127. The molecule has 2 atom stereocenters. The van der Waals surface area contributed by atoms with Gasteiger partial charge in [-0.25, -0.2) is 0 Å². The summed E-state index contributed by atoms with van der Waals surface area (Å²) >= 11 is 0. The number of hydrogen-bond acceptors (Lipinski definition) is 2. The summed E-state index contributed by atoms with van der Waals surface area (Å²) in [4.78, 5) is 18.7. The van der Waals surface area contributed by atoms with Gasteiger partial charge < -0.3 is 15.5 Å². The summed E-state index contributed by atoms with van der Waals surface area (Å²) in [6.07, 6.45) is 5.22. The molecule has 1 aromatic carbocycles. The zero-order valence-electron chi connectivity index (χ0n) is 16.5. The Morgan fingerprint density at radius 3 is 2.85 bits per heavy atom. The van der Waals surface area contributed by atoms with E-state index in [2.05, 4.69) is 41.8 Å². The number of aliphatic imine (C=N–C) groups is 1. The fraction of sp³-hybridized carbons (Fsp3) is 0.619. The van der Waals surface area contributed by atoms with Gasteiger partial charge in [0.05, 0.1) is 0 Å². The Bertz CT molecular complexity index is 649. The molecular weight excluding hydrogens is 451 g/mol. The molecule has 27 heavy (non-hydrogen) atoms. The van der Waals surface area contributed by atoms with Gasteiger partial charge in [-0.2, -0.15) is 0 Å². The molecule has 1 heterocycles. The van der Waals surface area contributed by atoms with Gasteiger partial charge in [-0.15, -0.1) is 24.0 Å².